The fraction of sp³-hybridized carbons (Fsp3) is 0.120. The van der Waals surface area contributed by atoms with Gasteiger partial charge in [-0.2, -0.15) is 0 Å². The first-order chi connectivity index (χ1) is 15.0. The van der Waals surface area contributed by atoms with E-state index in [1.807, 2.05) is 13.0 Å². The molecule has 6 nitrogen and oxygen atoms in total. The predicted octanol–water partition coefficient (Wildman–Crippen LogP) is 5.00. The van der Waals surface area contributed by atoms with Gasteiger partial charge in [0.05, 0.1) is 25.3 Å². The van der Waals surface area contributed by atoms with Crippen LogP contribution in [0.25, 0.3) is 22.1 Å². The molecule has 1 aromatic heterocycles. The van der Waals surface area contributed by atoms with Crippen LogP contribution < -0.4 is 19.8 Å². The maximum Gasteiger partial charge on any atom is 0.344 e. The zero-order valence-electron chi connectivity index (χ0n) is 17.3. The number of benzene rings is 3. The molecule has 4 rings (SSSR count). The number of carbonyl (C=O) groups excluding carboxylic acids is 1. The van der Waals surface area contributed by atoms with Gasteiger partial charge in [-0.05, 0) is 55.0 Å². The normalized spacial score (nSPS) is 10.7. The van der Waals surface area contributed by atoms with Crippen molar-refractivity contribution >= 4 is 16.9 Å². The van der Waals surface area contributed by atoms with Crippen molar-refractivity contribution in [3.8, 4) is 28.4 Å². The number of fused-ring (bicyclic) bond motifs is 1. The van der Waals surface area contributed by atoms with Gasteiger partial charge in [0.1, 0.15) is 11.3 Å². The van der Waals surface area contributed by atoms with Crippen molar-refractivity contribution in [2.75, 3.05) is 14.2 Å². The second-order valence-electron chi connectivity index (χ2n) is 6.98. The minimum Gasteiger partial charge on any atom is -0.493 e. The Labute approximate surface area is 178 Å². The highest BCUT2D eigenvalue weighted by molar-refractivity contribution is 5.92. The smallest absolute Gasteiger partial charge is 0.344 e. The third-order valence-electron chi connectivity index (χ3n) is 4.87. The minimum absolute atomic E-state index is 0.293. The van der Waals surface area contributed by atoms with Gasteiger partial charge in [0.15, 0.2) is 11.5 Å². The number of carbonyl (C=O) groups is 1. The fourth-order valence-corrected chi connectivity index (χ4v) is 3.30. The Kier molecular flexibility index (Phi) is 5.45. The van der Waals surface area contributed by atoms with E-state index in [4.69, 9.17) is 18.6 Å². The van der Waals surface area contributed by atoms with Crippen molar-refractivity contribution in [1.29, 1.82) is 0 Å². The molecule has 156 valence electrons. The van der Waals surface area contributed by atoms with E-state index in [0.717, 1.165) is 5.56 Å². The van der Waals surface area contributed by atoms with Gasteiger partial charge in [-0.1, -0.05) is 23.8 Å². The van der Waals surface area contributed by atoms with Crippen LogP contribution >= 0.6 is 0 Å². The number of methoxy groups -OCH3 is 2. The third-order valence-corrected chi connectivity index (χ3v) is 4.87. The lowest BCUT2D eigenvalue weighted by atomic mass is 10.1. The van der Waals surface area contributed by atoms with Gasteiger partial charge in [-0.15, -0.1) is 0 Å². The van der Waals surface area contributed by atoms with Gasteiger partial charge in [-0.3, -0.25) is 0 Å². The summed E-state index contributed by atoms with van der Waals surface area (Å²) in [6.45, 7) is 1.90. The van der Waals surface area contributed by atoms with Crippen molar-refractivity contribution in [3.63, 3.8) is 0 Å². The van der Waals surface area contributed by atoms with E-state index in [1.54, 1.807) is 61.7 Å². The van der Waals surface area contributed by atoms with Crippen LogP contribution in [0.5, 0.6) is 17.2 Å². The molecular weight excluding hydrogens is 396 g/mol. The van der Waals surface area contributed by atoms with E-state index in [1.165, 1.54) is 13.2 Å². The Morgan fingerprint density at radius 1 is 0.871 bits per heavy atom. The molecule has 0 saturated heterocycles. The van der Waals surface area contributed by atoms with Gasteiger partial charge in [0.25, 0.3) is 0 Å². The molecule has 0 unspecified atom stereocenters. The Balaban J connectivity index is 1.67. The van der Waals surface area contributed by atoms with Crippen LogP contribution in [0.3, 0.4) is 0 Å². The summed E-state index contributed by atoms with van der Waals surface area (Å²) in [5, 5.41) is 0.694. The van der Waals surface area contributed by atoms with E-state index in [2.05, 4.69) is 0 Å². The molecule has 0 aliphatic carbocycles. The molecule has 0 atom stereocenters. The summed E-state index contributed by atoms with van der Waals surface area (Å²) in [6.07, 6.45) is 0. The fourth-order valence-electron chi connectivity index (χ4n) is 3.30. The number of rotatable bonds is 5. The van der Waals surface area contributed by atoms with Crippen LogP contribution in [-0.4, -0.2) is 20.2 Å². The number of esters is 1. The van der Waals surface area contributed by atoms with Gasteiger partial charge in [-0.25, -0.2) is 9.59 Å². The van der Waals surface area contributed by atoms with E-state index in [9.17, 15) is 9.59 Å². The van der Waals surface area contributed by atoms with E-state index in [0.29, 0.717) is 44.9 Å². The Hall–Kier alpha value is -4.06. The molecule has 31 heavy (non-hydrogen) atoms. The van der Waals surface area contributed by atoms with Crippen molar-refractivity contribution in [3.05, 3.63) is 88.3 Å². The first-order valence-corrected chi connectivity index (χ1v) is 9.57. The van der Waals surface area contributed by atoms with Crippen LogP contribution in [0.1, 0.15) is 15.9 Å². The molecule has 0 saturated carbocycles. The average molecular weight is 416 g/mol. The molecule has 3 aromatic carbocycles. The monoisotopic (exact) mass is 416 g/mol. The summed E-state index contributed by atoms with van der Waals surface area (Å²) in [5.74, 6) is 0.891. The zero-order chi connectivity index (χ0) is 22.0. The second kappa shape index (κ2) is 8.36. The molecule has 0 N–H and O–H groups in total. The quantitative estimate of drug-likeness (QED) is 0.259. The molecule has 0 aliphatic heterocycles. The maximum atomic E-state index is 12.6. The lowest BCUT2D eigenvalue weighted by Crippen LogP contribution is -2.08. The van der Waals surface area contributed by atoms with Gasteiger partial charge in [0.2, 0.25) is 0 Å². The third kappa shape index (κ3) is 4.14. The number of hydrogen-bond acceptors (Lipinski definition) is 6. The topological polar surface area (TPSA) is 75.0 Å². The largest absolute Gasteiger partial charge is 0.493 e. The molecule has 0 aliphatic rings. The molecule has 0 spiro atoms. The summed E-state index contributed by atoms with van der Waals surface area (Å²) in [6, 6.07) is 19.0. The lowest BCUT2D eigenvalue weighted by molar-refractivity contribution is 0.0735. The standard InChI is InChI=1S/C25H20O6/c1-15-5-4-6-18(11-15)24(26)30-19-9-7-17-12-20(25(27)31-22(17)14-19)16-8-10-21(28-2)23(13-16)29-3/h4-14H,1-3H3. The van der Waals surface area contributed by atoms with Crippen LogP contribution in [-0.2, 0) is 0 Å². The second-order valence-corrected chi connectivity index (χ2v) is 6.98. The number of hydrogen-bond donors (Lipinski definition) is 0. The highest BCUT2D eigenvalue weighted by Gasteiger charge is 2.14. The maximum absolute atomic E-state index is 12.6. The van der Waals surface area contributed by atoms with Gasteiger partial charge < -0.3 is 18.6 Å². The molecule has 1 heterocycles. The number of aryl methyl sites for hydroxylation is 1. The zero-order valence-corrected chi connectivity index (χ0v) is 17.3. The van der Waals surface area contributed by atoms with Crippen molar-refractivity contribution < 1.29 is 23.4 Å². The minimum atomic E-state index is -0.512. The first-order valence-electron chi connectivity index (χ1n) is 9.57. The summed E-state index contributed by atoms with van der Waals surface area (Å²) >= 11 is 0. The number of ether oxygens (including phenoxy) is 3. The first kappa shape index (κ1) is 20.2. The van der Waals surface area contributed by atoms with Crippen LogP contribution in [0.2, 0.25) is 0 Å². The van der Waals surface area contributed by atoms with Gasteiger partial charge >= 0.3 is 11.6 Å². The van der Waals surface area contributed by atoms with Crippen molar-refractivity contribution in [2.45, 2.75) is 6.92 Å². The predicted molar refractivity (Wildman–Crippen MR) is 117 cm³/mol. The summed E-state index contributed by atoms with van der Waals surface area (Å²) in [4.78, 5) is 25.0. The highest BCUT2D eigenvalue weighted by atomic mass is 16.5. The van der Waals surface area contributed by atoms with Crippen LogP contribution in [0, 0.1) is 6.92 Å². The summed E-state index contributed by atoms with van der Waals surface area (Å²) in [7, 11) is 3.08. The highest BCUT2D eigenvalue weighted by Crippen LogP contribution is 2.32. The van der Waals surface area contributed by atoms with E-state index in [-0.39, 0.29) is 0 Å². The van der Waals surface area contributed by atoms with Crippen molar-refractivity contribution in [2.24, 2.45) is 0 Å². The van der Waals surface area contributed by atoms with Crippen LogP contribution in [0.15, 0.2) is 75.9 Å². The summed E-state index contributed by atoms with van der Waals surface area (Å²) in [5.41, 5.74) is 2.25. The van der Waals surface area contributed by atoms with Crippen LogP contribution in [0.4, 0.5) is 0 Å². The molecule has 6 heteroatoms. The lowest BCUT2D eigenvalue weighted by Gasteiger charge is -2.10. The molecule has 0 bridgehead atoms. The van der Waals surface area contributed by atoms with E-state index >= 15 is 0 Å². The Bertz CT molecular complexity index is 1340. The molecular formula is C25H20O6. The summed E-state index contributed by atoms with van der Waals surface area (Å²) < 4.78 is 21.5. The average Bonchev–Trinajstić information content (AvgIpc) is 2.78. The Morgan fingerprint density at radius 3 is 2.42 bits per heavy atom. The van der Waals surface area contributed by atoms with Gasteiger partial charge in [0, 0.05) is 11.5 Å². The Morgan fingerprint density at radius 2 is 1.68 bits per heavy atom. The molecule has 0 radical (unpaired) electrons. The SMILES string of the molecule is COc1ccc(-c2cc3ccc(OC(=O)c4cccc(C)c4)cc3oc2=O)cc1OC. The molecule has 4 aromatic rings. The molecule has 0 fully saturated rings. The van der Waals surface area contributed by atoms with E-state index < -0.39 is 11.6 Å². The molecule has 0 amide bonds. The van der Waals surface area contributed by atoms with Crippen molar-refractivity contribution in [1.82, 2.24) is 0 Å².